The van der Waals surface area contributed by atoms with E-state index >= 15 is 0 Å². The van der Waals surface area contributed by atoms with E-state index in [9.17, 15) is 4.79 Å². The molecule has 0 atom stereocenters. The molecule has 0 N–H and O–H groups in total. The Morgan fingerprint density at radius 2 is 1.76 bits per heavy atom. The Morgan fingerprint density at radius 1 is 0.941 bits per heavy atom. The minimum absolute atomic E-state index is 0.0219. The molecule has 2 nitrogen and oxygen atoms in total. The van der Waals surface area contributed by atoms with Gasteiger partial charge in [-0.15, -0.1) is 0 Å². The summed E-state index contributed by atoms with van der Waals surface area (Å²) in [6.45, 7) is 0. The third kappa shape index (κ3) is 1.74. The van der Waals surface area contributed by atoms with Crippen LogP contribution in [0.3, 0.4) is 0 Å². The molecule has 1 amide bonds. The van der Waals surface area contributed by atoms with Gasteiger partial charge in [-0.1, -0.05) is 42.5 Å². The number of nitrogens with zero attached hydrogens (tertiary/aromatic N) is 1. The number of allylic oxidation sites excluding steroid dienone is 5. The Bertz CT molecular complexity index is 677. The Kier molecular flexibility index (Phi) is 2.26. The number of amides is 1. The molecule has 0 spiro atoms. The Labute approximate surface area is 99.2 Å². The third-order valence-corrected chi connectivity index (χ3v) is 2.81. The number of hydrogen-bond donors (Lipinski definition) is 0. The van der Waals surface area contributed by atoms with Crippen LogP contribution in [0.1, 0.15) is 0 Å². The van der Waals surface area contributed by atoms with Crippen molar-refractivity contribution in [3.63, 3.8) is 0 Å². The zero-order valence-corrected chi connectivity index (χ0v) is 9.21. The Morgan fingerprint density at radius 3 is 2.65 bits per heavy atom. The van der Waals surface area contributed by atoms with E-state index in [-0.39, 0.29) is 5.91 Å². The lowest BCUT2D eigenvalue weighted by Crippen LogP contribution is -2.36. The lowest BCUT2D eigenvalue weighted by molar-refractivity contribution is -0.121. The lowest BCUT2D eigenvalue weighted by atomic mass is 10.1. The van der Waals surface area contributed by atoms with Gasteiger partial charge in [0.25, 0.3) is 5.91 Å². The van der Waals surface area contributed by atoms with Crippen LogP contribution in [0.5, 0.6) is 0 Å². The van der Waals surface area contributed by atoms with Gasteiger partial charge in [0.15, 0.2) is 0 Å². The van der Waals surface area contributed by atoms with Crippen LogP contribution in [0, 0.1) is 0 Å². The fourth-order valence-corrected chi connectivity index (χ4v) is 1.96. The van der Waals surface area contributed by atoms with Crippen LogP contribution in [0.25, 0.3) is 12.3 Å². The highest BCUT2D eigenvalue weighted by atomic mass is 16.2. The number of fused-ring (bicyclic) bond motifs is 2. The second kappa shape index (κ2) is 3.91. The van der Waals surface area contributed by atoms with Crippen molar-refractivity contribution < 1.29 is 4.79 Å². The van der Waals surface area contributed by atoms with E-state index in [0.717, 1.165) is 16.1 Å². The van der Waals surface area contributed by atoms with E-state index in [1.54, 1.807) is 17.1 Å². The predicted molar refractivity (Wildman–Crippen MR) is 67.8 cm³/mol. The molecule has 0 radical (unpaired) electrons. The minimum Gasteiger partial charge on any atom is -0.284 e. The largest absolute Gasteiger partial charge is 0.284 e. The van der Waals surface area contributed by atoms with Gasteiger partial charge >= 0.3 is 0 Å². The molecule has 0 fully saturated rings. The highest BCUT2D eigenvalue weighted by Gasteiger charge is 2.14. The maximum atomic E-state index is 11.9. The van der Waals surface area contributed by atoms with E-state index in [4.69, 9.17) is 0 Å². The topological polar surface area (TPSA) is 20.3 Å². The van der Waals surface area contributed by atoms with Crippen LogP contribution in [0.4, 0.5) is 0 Å². The maximum Gasteiger partial charge on any atom is 0.255 e. The molecule has 2 heterocycles. The minimum atomic E-state index is -0.0219. The highest BCUT2D eigenvalue weighted by Crippen LogP contribution is 2.12. The second-order valence-corrected chi connectivity index (χ2v) is 3.95. The smallest absolute Gasteiger partial charge is 0.255 e. The fourth-order valence-electron chi connectivity index (χ4n) is 1.96. The molecule has 0 unspecified atom stereocenters. The van der Waals surface area contributed by atoms with Gasteiger partial charge in [0.1, 0.15) is 0 Å². The van der Waals surface area contributed by atoms with Crippen LogP contribution < -0.4 is 10.4 Å². The van der Waals surface area contributed by atoms with Gasteiger partial charge in [0.05, 0.1) is 0 Å². The van der Waals surface area contributed by atoms with Crippen molar-refractivity contribution in [2.45, 2.75) is 0 Å². The van der Waals surface area contributed by atoms with Crippen LogP contribution in [-0.2, 0) is 4.79 Å². The first-order valence-electron chi connectivity index (χ1n) is 5.51. The summed E-state index contributed by atoms with van der Waals surface area (Å²) in [5.41, 5.74) is 0.898. The monoisotopic (exact) mass is 221 g/mol. The van der Waals surface area contributed by atoms with E-state index < -0.39 is 0 Å². The molecule has 17 heavy (non-hydrogen) atoms. The molecule has 82 valence electrons. The SMILES string of the molecule is O=C1C=CC=CC=C2C=c3ccccc3=CN12. The van der Waals surface area contributed by atoms with Crippen molar-refractivity contribution in [1.82, 2.24) is 4.90 Å². The van der Waals surface area contributed by atoms with E-state index in [0.29, 0.717) is 0 Å². The zero-order valence-electron chi connectivity index (χ0n) is 9.21. The average Bonchev–Trinajstić information content (AvgIpc) is 2.35. The number of carbonyl (C=O) groups excluding carboxylic acids is 1. The third-order valence-electron chi connectivity index (χ3n) is 2.81. The van der Waals surface area contributed by atoms with Crippen molar-refractivity contribution >= 4 is 18.2 Å². The van der Waals surface area contributed by atoms with Crippen molar-refractivity contribution in [1.29, 1.82) is 0 Å². The number of hydrogen-bond acceptors (Lipinski definition) is 1. The van der Waals surface area contributed by atoms with Crippen molar-refractivity contribution in [2.75, 3.05) is 0 Å². The molecule has 1 aromatic rings. The highest BCUT2D eigenvalue weighted by molar-refractivity contribution is 5.94. The molecule has 2 aliphatic rings. The molecule has 1 aromatic carbocycles. The number of rotatable bonds is 0. The van der Waals surface area contributed by atoms with Crippen LogP contribution in [0.15, 0.2) is 60.3 Å². The molecule has 0 aliphatic carbocycles. The maximum absolute atomic E-state index is 11.9. The van der Waals surface area contributed by atoms with Gasteiger partial charge in [-0.25, -0.2) is 0 Å². The van der Waals surface area contributed by atoms with E-state index in [2.05, 4.69) is 0 Å². The summed E-state index contributed by atoms with van der Waals surface area (Å²) in [6.07, 6.45) is 13.0. The summed E-state index contributed by atoms with van der Waals surface area (Å²) in [4.78, 5) is 13.6. The first kappa shape index (κ1) is 9.85. The van der Waals surface area contributed by atoms with Gasteiger partial charge in [-0.3, -0.25) is 9.69 Å². The van der Waals surface area contributed by atoms with Gasteiger partial charge in [0.2, 0.25) is 0 Å². The van der Waals surface area contributed by atoms with Crippen LogP contribution in [-0.4, -0.2) is 10.8 Å². The molecule has 0 bridgehead atoms. The zero-order chi connectivity index (χ0) is 11.7. The fraction of sp³-hybridized carbons (Fsp3) is 0. The summed E-state index contributed by atoms with van der Waals surface area (Å²) in [6, 6.07) is 8.03. The number of carbonyl (C=O) groups is 1. The van der Waals surface area contributed by atoms with E-state index in [1.807, 2.05) is 54.8 Å². The van der Waals surface area contributed by atoms with Gasteiger partial charge in [-0.05, 0) is 22.6 Å². The van der Waals surface area contributed by atoms with Crippen molar-refractivity contribution in [2.24, 2.45) is 0 Å². The van der Waals surface area contributed by atoms with Crippen molar-refractivity contribution in [3.8, 4) is 0 Å². The van der Waals surface area contributed by atoms with Crippen molar-refractivity contribution in [3.05, 3.63) is 70.8 Å². The summed E-state index contributed by atoms with van der Waals surface area (Å²) < 4.78 is 0. The first-order valence-corrected chi connectivity index (χ1v) is 5.51. The van der Waals surface area contributed by atoms with Crippen LogP contribution in [0.2, 0.25) is 0 Å². The summed E-state index contributed by atoms with van der Waals surface area (Å²) in [7, 11) is 0. The predicted octanol–water partition coefficient (Wildman–Crippen LogP) is 1.06. The second-order valence-electron chi connectivity index (χ2n) is 3.95. The molecule has 2 heteroatoms. The lowest BCUT2D eigenvalue weighted by Gasteiger charge is -2.21. The average molecular weight is 221 g/mol. The standard InChI is InChI=1S/C15H11NO/c17-15-9-3-1-2-8-14-10-12-6-4-5-7-13(12)11-16(14)15/h1-11H. The van der Waals surface area contributed by atoms with Gasteiger partial charge in [-0.2, -0.15) is 0 Å². The quantitative estimate of drug-likeness (QED) is 0.641. The summed E-state index contributed by atoms with van der Waals surface area (Å²) in [5.74, 6) is -0.0219. The van der Waals surface area contributed by atoms with Crippen LogP contribution >= 0.6 is 0 Å². The van der Waals surface area contributed by atoms with E-state index in [1.165, 1.54) is 0 Å². The first-order chi connectivity index (χ1) is 8.34. The van der Waals surface area contributed by atoms with Gasteiger partial charge < -0.3 is 0 Å². The molecular weight excluding hydrogens is 210 g/mol. The molecule has 0 saturated carbocycles. The molecule has 0 aromatic heterocycles. The Hall–Kier alpha value is -2.35. The molecule has 3 rings (SSSR count). The molecular formula is C15H11NO. The Balaban J connectivity index is 2.26. The summed E-state index contributed by atoms with van der Waals surface area (Å²) >= 11 is 0. The summed E-state index contributed by atoms with van der Waals surface area (Å²) in [5, 5.41) is 2.21. The molecule has 2 aliphatic heterocycles. The normalized spacial score (nSPS) is 17.1. The number of benzene rings is 1. The van der Waals surface area contributed by atoms with Gasteiger partial charge in [0, 0.05) is 18.0 Å². The molecule has 0 saturated heterocycles.